The van der Waals surface area contributed by atoms with Crippen molar-refractivity contribution in [2.45, 2.75) is 73.1 Å². The van der Waals surface area contributed by atoms with Gasteiger partial charge in [-0.3, -0.25) is 9.55 Å². The van der Waals surface area contributed by atoms with Crippen LogP contribution in [0.15, 0.2) is 158 Å². The summed E-state index contributed by atoms with van der Waals surface area (Å²) < 4.78 is 98.2. The van der Waals surface area contributed by atoms with E-state index in [1.165, 1.54) is 0 Å². The second-order valence-corrected chi connectivity index (χ2v) is 18.2. The number of aryl methyl sites for hydroxylation is 3. The molecule has 0 aliphatic heterocycles. The zero-order valence-corrected chi connectivity index (χ0v) is 39.3. The molecule has 2 heterocycles. The van der Waals surface area contributed by atoms with Crippen LogP contribution in [0.1, 0.15) is 84.4 Å². The van der Waals surface area contributed by atoms with Crippen LogP contribution < -0.4 is 0 Å². The Morgan fingerprint density at radius 3 is 2.03 bits per heavy atom. The molecule has 0 aliphatic carbocycles. The van der Waals surface area contributed by atoms with Crippen molar-refractivity contribution in [1.82, 2.24) is 14.5 Å². The summed E-state index contributed by atoms with van der Waals surface area (Å²) in [5, 5.41) is 12.0. The van der Waals surface area contributed by atoms with Gasteiger partial charge in [0, 0.05) is 42.6 Å². The van der Waals surface area contributed by atoms with E-state index >= 15 is 0 Å². The molecule has 5 heteroatoms. The molecule has 0 fully saturated rings. The van der Waals surface area contributed by atoms with E-state index in [4.69, 9.17) is 18.7 Å². The Morgan fingerprint density at radius 2 is 1.33 bits per heavy atom. The Morgan fingerprint density at radius 1 is 0.625 bits per heavy atom. The van der Waals surface area contributed by atoms with Crippen LogP contribution in [0.5, 0.6) is 5.75 Å². The predicted molar refractivity (Wildman–Crippen MR) is 264 cm³/mol. The maximum Gasteiger partial charge on any atom is 0.148 e. The Kier molecular flexibility index (Phi) is 8.75. The minimum absolute atomic E-state index is 0. The van der Waals surface area contributed by atoms with E-state index in [1.807, 2.05) is 124 Å². The average Bonchev–Trinajstić information content (AvgIpc) is 3.74. The van der Waals surface area contributed by atoms with Crippen molar-refractivity contribution in [3.63, 3.8) is 0 Å². The molecule has 0 atom stereocenters. The molecule has 7 aromatic carbocycles. The van der Waals surface area contributed by atoms with Crippen molar-refractivity contribution < 1.29 is 41.3 Å². The van der Waals surface area contributed by atoms with Crippen molar-refractivity contribution in [2.24, 2.45) is 0 Å². The van der Waals surface area contributed by atoms with Crippen LogP contribution in [0.2, 0.25) is 0 Å². The molecule has 9 aromatic rings. The number of fused-ring (bicyclic) bond motifs is 1. The number of nitrogens with zero attached hydrogens (tertiary/aromatic N) is 3. The summed E-state index contributed by atoms with van der Waals surface area (Å²) in [5.74, 6) is 0.393. The molecular weight excluding hydrogens is 962 g/mol. The van der Waals surface area contributed by atoms with Gasteiger partial charge in [0.25, 0.3) is 0 Å². The maximum absolute atomic E-state index is 12.0. The fourth-order valence-corrected chi connectivity index (χ4v) is 8.10. The summed E-state index contributed by atoms with van der Waals surface area (Å²) in [4.78, 5) is 9.87. The molecule has 0 unspecified atom stereocenters. The van der Waals surface area contributed by atoms with Gasteiger partial charge in [0.15, 0.2) is 0 Å². The molecule has 0 spiro atoms. The van der Waals surface area contributed by atoms with Gasteiger partial charge in [-0.25, -0.2) is 4.98 Å². The first-order chi connectivity index (χ1) is 34.7. The van der Waals surface area contributed by atoms with E-state index in [9.17, 15) is 6.48 Å². The zero-order valence-electron chi connectivity index (χ0n) is 48.0. The summed E-state index contributed by atoms with van der Waals surface area (Å²) in [6.45, 7) is 13.7. The number of hydrogen-bond acceptors (Lipinski definition) is 3. The molecule has 64 heavy (non-hydrogen) atoms. The van der Waals surface area contributed by atoms with Crippen molar-refractivity contribution in [2.75, 3.05) is 0 Å². The number of aromatic nitrogens is 3. The summed E-state index contributed by atoms with van der Waals surface area (Å²) in [7, 11) is 0. The first-order valence-electron chi connectivity index (χ1n) is 26.5. The van der Waals surface area contributed by atoms with Gasteiger partial charge in [-0.05, 0) is 112 Å². The van der Waals surface area contributed by atoms with Gasteiger partial charge in [-0.1, -0.05) is 162 Å². The molecule has 0 amide bonds. The van der Waals surface area contributed by atoms with E-state index in [1.54, 1.807) is 12.1 Å². The van der Waals surface area contributed by atoms with Gasteiger partial charge < -0.3 is 5.11 Å². The molecule has 2 aromatic heterocycles. The minimum atomic E-state index is -2.51. The summed E-state index contributed by atoms with van der Waals surface area (Å²) in [6, 6.07) is 33.8. The van der Waals surface area contributed by atoms with Gasteiger partial charge in [-0.2, -0.15) is 0 Å². The SMILES string of the molecule is [2H]c1nc(-c2[c-]c(-c3cccc4c3nc(-c3cc(C)cc(C)c3O)n4-c3cc(-c4ccccc4)c(C([2H])([2H])[2H])cc3-c3ccc(C(C)(C)C)cc3)cc(C(C)(C)C)c2)c([2H])c(-c2c([2H])c([2H])c([2H])c([2H])c2[2H])c1[2H].[Pt]. The second kappa shape index (κ2) is 17.3. The van der Waals surface area contributed by atoms with Gasteiger partial charge >= 0.3 is 0 Å². The monoisotopic (exact) mass is 1030 g/mol. The molecule has 322 valence electrons. The minimum Gasteiger partial charge on any atom is -0.507 e. The number of para-hydroxylation sites is 1. The van der Waals surface area contributed by atoms with Crippen molar-refractivity contribution in [3.05, 3.63) is 192 Å². The van der Waals surface area contributed by atoms with Crippen LogP contribution in [0.4, 0.5) is 0 Å². The summed E-state index contributed by atoms with van der Waals surface area (Å²) in [6.07, 6.45) is -0.559. The van der Waals surface area contributed by atoms with Crippen LogP contribution in [0, 0.1) is 26.8 Å². The molecule has 1 N–H and O–H groups in total. The number of phenols is 1. The molecule has 0 saturated heterocycles. The smallest absolute Gasteiger partial charge is 0.148 e. The molecule has 0 bridgehead atoms. The number of hydrogen-bond donors (Lipinski definition) is 1. The first-order valence-corrected chi connectivity index (χ1v) is 21.0. The van der Waals surface area contributed by atoms with Crippen LogP contribution in [0.25, 0.3) is 83.9 Å². The molecule has 9 rings (SSSR count). The van der Waals surface area contributed by atoms with E-state index < -0.39 is 60.7 Å². The molecular formula is C59H54N3OPt-. The maximum atomic E-state index is 12.0. The van der Waals surface area contributed by atoms with Gasteiger partial charge in [0.05, 0.1) is 33.3 Å². The first kappa shape index (κ1) is 32.3. The topological polar surface area (TPSA) is 50.9 Å². The third-order valence-electron chi connectivity index (χ3n) is 11.5. The average molecular weight is 1030 g/mol. The van der Waals surface area contributed by atoms with Crippen molar-refractivity contribution in [1.29, 1.82) is 0 Å². The van der Waals surface area contributed by atoms with Crippen molar-refractivity contribution in [3.8, 4) is 78.6 Å². The zero-order chi connectivity index (χ0) is 53.7. The van der Waals surface area contributed by atoms with E-state index in [-0.39, 0.29) is 60.2 Å². The number of phenolic OH excluding ortho intramolecular Hbond substituents is 1. The molecule has 0 saturated carbocycles. The summed E-state index contributed by atoms with van der Waals surface area (Å²) in [5.41, 5.74) is 8.17. The number of aromatic hydroxyl groups is 1. The molecule has 4 nitrogen and oxygen atoms in total. The molecule has 0 radical (unpaired) electrons. The number of rotatable bonds is 7. The van der Waals surface area contributed by atoms with Gasteiger partial charge in [0.1, 0.15) is 11.6 Å². The second-order valence-electron chi connectivity index (χ2n) is 18.2. The van der Waals surface area contributed by atoms with Gasteiger partial charge in [-0.15, -0.1) is 29.3 Å². The third-order valence-corrected chi connectivity index (χ3v) is 11.5. The number of imidazole rings is 1. The van der Waals surface area contributed by atoms with E-state index in [2.05, 4.69) is 44.0 Å². The number of benzene rings is 7. The standard InChI is InChI=1S/C59H54N3O.Pt/c1-37-29-39(3)56(63)51(30-37)57-61-55-48(44-32-45(34-47(33-44)59(7,8)9)52-35-43(27-28-60-52)40-17-12-10-13-18-40)21-16-22-53(55)62(57)54-36-49(41-19-14-11-15-20-41)38(2)31-50(54)42-23-25-46(26-24-42)58(4,5)6;/h10-31,33-36,63H,1-9H3;/q-1;/i2D3,10D,12D,13D,17D,18D,27D,28D,35D;. The van der Waals surface area contributed by atoms with Crippen LogP contribution in [0.3, 0.4) is 0 Å². The van der Waals surface area contributed by atoms with E-state index in [0.717, 1.165) is 22.3 Å². The fourth-order valence-electron chi connectivity index (χ4n) is 8.10. The largest absolute Gasteiger partial charge is 0.507 e. The van der Waals surface area contributed by atoms with Crippen molar-refractivity contribution >= 4 is 11.0 Å². The van der Waals surface area contributed by atoms with Crippen LogP contribution >= 0.6 is 0 Å². The Labute approximate surface area is 408 Å². The quantitative estimate of drug-likeness (QED) is 0.162. The van der Waals surface area contributed by atoms with Gasteiger partial charge in [0.2, 0.25) is 0 Å². The number of pyridine rings is 1. The van der Waals surface area contributed by atoms with Crippen LogP contribution in [-0.4, -0.2) is 19.6 Å². The molecule has 0 aliphatic rings. The van der Waals surface area contributed by atoms with E-state index in [0.29, 0.717) is 61.5 Å². The Bertz CT molecular complexity index is 3720. The summed E-state index contributed by atoms with van der Waals surface area (Å²) >= 11 is 0. The Balaban J connectivity index is 0.00000747. The predicted octanol–water partition coefficient (Wildman–Crippen LogP) is 15.4. The fraction of sp³-hybridized carbons (Fsp3) is 0.186. The Hall–Kier alpha value is -6.35. The third kappa shape index (κ3) is 8.52. The normalized spacial score (nSPS) is 14.4. The van der Waals surface area contributed by atoms with Crippen LogP contribution in [-0.2, 0) is 31.9 Å².